The zero-order valence-electron chi connectivity index (χ0n) is 10.7. The fourth-order valence-electron chi connectivity index (χ4n) is 2.15. The molecule has 0 bridgehead atoms. The summed E-state index contributed by atoms with van der Waals surface area (Å²) in [6, 6.07) is 12.1. The van der Waals surface area contributed by atoms with Gasteiger partial charge in [0.05, 0.1) is 0 Å². The van der Waals surface area contributed by atoms with Crippen LogP contribution in [0.3, 0.4) is 0 Å². The van der Waals surface area contributed by atoms with E-state index in [1.807, 2.05) is 49.1 Å². The van der Waals surface area contributed by atoms with Crippen LogP contribution in [-0.4, -0.2) is 39.9 Å². The first-order chi connectivity index (χ1) is 8.69. The summed E-state index contributed by atoms with van der Waals surface area (Å²) in [4.78, 5) is 14.4. The normalized spacial score (nSPS) is 10.6. The molecule has 0 spiro atoms. The molecule has 94 valence electrons. The molecule has 0 aliphatic carbocycles. The summed E-state index contributed by atoms with van der Waals surface area (Å²) in [6.07, 6.45) is 0. The van der Waals surface area contributed by atoms with Gasteiger partial charge in [-0.3, -0.25) is 0 Å². The van der Waals surface area contributed by atoms with Gasteiger partial charge in [0, 0.05) is 0 Å². The number of amides is 1. The van der Waals surface area contributed by atoms with E-state index in [2.05, 4.69) is 22.1 Å². The number of carbonyl (C=O) groups excluding carboxylic acids is 1. The Morgan fingerprint density at radius 3 is 2.44 bits per heavy atom. The molecule has 0 saturated heterocycles. The van der Waals surface area contributed by atoms with Crippen LogP contribution in [0, 0.1) is 0 Å². The number of nitrogens with zero attached hydrogens (tertiary/aromatic N) is 1. The van der Waals surface area contributed by atoms with Gasteiger partial charge in [0.1, 0.15) is 0 Å². The molecule has 0 saturated carbocycles. The number of hydrogen-bond donors (Lipinski definition) is 0. The summed E-state index contributed by atoms with van der Waals surface area (Å²) in [5.74, 6) is 0.118. The molecule has 0 aromatic heterocycles. The molecule has 18 heavy (non-hydrogen) atoms. The second-order valence-electron chi connectivity index (χ2n) is 4.16. The van der Waals surface area contributed by atoms with Crippen molar-refractivity contribution >= 4 is 37.2 Å². The maximum absolute atomic E-state index is 12.6. The number of hydrogen-bond acceptors (Lipinski definition) is 1. The first-order valence-electron chi connectivity index (χ1n) is 6.19. The minimum atomic E-state index is 0.118. The predicted molar refractivity (Wildman–Crippen MR) is 78.0 cm³/mol. The molecular weight excluding hydrogens is 289 g/mol. The van der Waals surface area contributed by atoms with Gasteiger partial charge < -0.3 is 0 Å². The van der Waals surface area contributed by atoms with E-state index in [1.54, 1.807) is 0 Å². The van der Waals surface area contributed by atoms with Gasteiger partial charge in [-0.2, -0.15) is 0 Å². The molecule has 0 aliphatic heterocycles. The van der Waals surface area contributed by atoms with E-state index in [1.165, 1.54) is 0 Å². The van der Waals surface area contributed by atoms with Crippen LogP contribution in [0.25, 0.3) is 10.8 Å². The molecule has 0 heterocycles. The van der Waals surface area contributed by atoms with Crippen molar-refractivity contribution in [3.63, 3.8) is 0 Å². The van der Waals surface area contributed by atoms with Crippen LogP contribution in [0.4, 0.5) is 0 Å². The first kappa shape index (κ1) is 13.1. The Morgan fingerprint density at radius 1 is 1.11 bits per heavy atom. The molecule has 0 fully saturated rings. The predicted octanol–water partition coefficient (Wildman–Crippen LogP) is 1.85. The first-order valence-corrected chi connectivity index (χ1v) is 7.12. The van der Waals surface area contributed by atoms with Crippen molar-refractivity contribution in [2.75, 3.05) is 13.1 Å². The number of rotatable bonds is 3. The summed E-state index contributed by atoms with van der Waals surface area (Å²) in [6.45, 7) is 5.50. The monoisotopic (exact) mass is 307 g/mol. The minimum absolute atomic E-state index is 0.118. The quantitative estimate of drug-likeness (QED) is 0.793. The standard InChI is InChI=1S/C15H17NOSe/c1-3-16(4-2)15(17)14-12-8-6-5-7-11(12)9-10-13(14)18/h5-10,18H,3-4H2,1-2H3. The zero-order valence-corrected chi connectivity index (χ0v) is 12.6. The molecule has 0 radical (unpaired) electrons. The molecule has 2 aromatic carbocycles. The SMILES string of the molecule is CCN(CC)C(=O)c1c([SeH])ccc2ccccc12. The van der Waals surface area contributed by atoms with Gasteiger partial charge in [-0.25, -0.2) is 0 Å². The fourth-order valence-corrected chi connectivity index (χ4v) is 2.76. The summed E-state index contributed by atoms with van der Waals surface area (Å²) >= 11 is 2.50. The molecule has 1 amide bonds. The molecule has 3 heteroatoms. The maximum atomic E-state index is 12.6. The topological polar surface area (TPSA) is 20.3 Å². The van der Waals surface area contributed by atoms with E-state index >= 15 is 0 Å². The van der Waals surface area contributed by atoms with E-state index in [9.17, 15) is 4.79 Å². The third kappa shape index (κ3) is 2.29. The van der Waals surface area contributed by atoms with Crippen LogP contribution in [0.1, 0.15) is 24.2 Å². The fraction of sp³-hybridized carbons (Fsp3) is 0.267. The van der Waals surface area contributed by atoms with Crippen molar-refractivity contribution in [2.24, 2.45) is 0 Å². The van der Waals surface area contributed by atoms with Crippen molar-refractivity contribution in [1.82, 2.24) is 4.90 Å². The number of carbonyl (C=O) groups is 1. The van der Waals surface area contributed by atoms with Gasteiger partial charge in [0.25, 0.3) is 0 Å². The third-order valence-electron chi connectivity index (χ3n) is 3.17. The van der Waals surface area contributed by atoms with E-state index in [-0.39, 0.29) is 5.91 Å². The van der Waals surface area contributed by atoms with Crippen LogP contribution in [0.5, 0.6) is 0 Å². The Hall–Kier alpha value is -1.31. The van der Waals surface area contributed by atoms with Gasteiger partial charge in [-0.05, 0) is 0 Å². The van der Waals surface area contributed by atoms with Crippen LogP contribution in [-0.2, 0) is 0 Å². The van der Waals surface area contributed by atoms with Gasteiger partial charge in [0.15, 0.2) is 0 Å². The van der Waals surface area contributed by atoms with Crippen molar-refractivity contribution in [3.05, 3.63) is 42.0 Å². The van der Waals surface area contributed by atoms with Gasteiger partial charge in [0.2, 0.25) is 0 Å². The Labute approximate surface area is 116 Å². The van der Waals surface area contributed by atoms with Crippen molar-refractivity contribution in [3.8, 4) is 0 Å². The summed E-state index contributed by atoms with van der Waals surface area (Å²) < 4.78 is 0.984. The van der Waals surface area contributed by atoms with Crippen molar-refractivity contribution in [2.45, 2.75) is 13.8 Å². The Balaban J connectivity index is 2.62. The molecule has 2 rings (SSSR count). The van der Waals surface area contributed by atoms with Crippen molar-refractivity contribution < 1.29 is 4.79 Å². The Morgan fingerprint density at radius 2 is 1.78 bits per heavy atom. The van der Waals surface area contributed by atoms with E-state index in [0.29, 0.717) is 0 Å². The summed E-state index contributed by atoms with van der Waals surface area (Å²) in [5.41, 5.74) is 0.816. The van der Waals surface area contributed by atoms with Crippen LogP contribution in [0.15, 0.2) is 36.4 Å². The second-order valence-corrected chi connectivity index (χ2v) is 5.17. The van der Waals surface area contributed by atoms with Crippen LogP contribution >= 0.6 is 0 Å². The average Bonchev–Trinajstić information content (AvgIpc) is 2.39. The number of benzene rings is 2. The van der Waals surface area contributed by atoms with Crippen molar-refractivity contribution in [1.29, 1.82) is 0 Å². The molecular formula is C15H17NOSe. The van der Waals surface area contributed by atoms with E-state index in [4.69, 9.17) is 0 Å². The van der Waals surface area contributed by atoms with Crippen LogP contribution in [0.2, 0.25) is 0 Å². The molecule has 0 N–H and O–H groups in total. The second kappa shape index (κ2) is 5.55. The third-order valence-corrected chi connectivity index (χ3v) is 3.95. The van der Waals surface area contributed by atoms with Gasteiger partial charge in [-0.15, -0.1) is 0 Å². The average molecular weight is 306 g/mol. The Bertz CT molecular complexity index is 576. The van der Waals surface area contributed by atoms with Crippen LogP contribution < -0.4 is 4.46 Å². The summed E-state index contributed by atoms with van der Waals surface area (Å²) in [5, 5.41) is 2.15. The van der Waals surface area contributed by atoms with Gasteiger partial charge in [-0.1, -0.05) is 0 Å². The van der Waals surface area contributed by atoms with E-state index < -0.39 is 0 Å². The molecule has 2 nitrogen and oxygen atoms in total. The molecule has 0 aliphatic rings. The number of fused-ring (bicyclic) bond motifs is 1. The zero-order chi connectivity index (χ0) is 13.1. The Kier molecular flexibility index (Phi) is 4.05. The molecule has 0 atom stereocenters. The van der Waals surface area contributed by atoms with E-state index in [0.717, 1.165) is 33.9 Å². The summed E-state index contributed by atoms with van der Waals surface area (Å²) in [7, 11) is 0. The molecule has 2 aromatic rings. The molecule has 0 unspecified atom stereocenters. The van der Waals surface area contributed by atoms with Gasteiger partial charge >= 0.3 is 116 Å².